The van der Waals surface area contributed by atoms with Crippen LogP contribution in [0.5, 0.6) is 0 Å². The summed E-state index contributed by atoms with van der Waals surface area (Å²) in [4.78, 5) is 0.340. The normalized spacial score (nSPS) is 22.9. The summed E-state index contributed by atoms with van der Waals surface area (Å²) in [6.07, 6.45) is 4.13. The fourth-order valence-electron chi connectivity index (χ4n) is 2.77. The zero-order valence-corrected chi connectivity index (χ0v) is 16.4. The second-order valence-electron chi connectivity index (χ2n) is 6.64. The van der Waals surface area contributed by atoms with E-state index in [1.165, 1.54) is 0 Å². The molecule has 6 heteroatoms. The molecule has 5 nitrogen and oxygen atoms in total. The van der Waals surface area contributed by atoms with Gasteiger partial charge in [0.2, 0.25) is 10.0 Å². The lowest BCUT2D eigenvalue weighted by molar-refractivity contribution is 0.116. The van der Waals surface area contributed by atoms with Gasteiger partial charge in [0, 0.05) is 13.2 Å². The van der Waals surface area contributed by atoms with Gasteiger partial charge in [-0.05, 0) is 31.9 Å². The largest absolute Gasteiger partial charge is 0.380 e. The van der Waals surface area contributed by atoms with Crippen LogP contribution in [0.2, 0.25) is 0 Å². The molecule has 1 saturated heterocycles. The fraction of sp³-hybridized carbons (Fsp3) is 0.684. The molecule has 0 amide bonds. The van der Waals surface area contributed by atoms with Crippen molar-refractivity contribution < 1.29 is 17.9 Å². The molecule has 1 aliphatic heterocycles. The quantitative estimate of drug-likeness (QED) is 0.419. The van der Waals surface area contributed by atoms with E-state index in [2.05, 4.69) is 13.8 Å². The smallest absolute Gasteiger partial charge is 0.243 e. The van der Waals surface area contributed by atoms with Gasteiger partial charge in [0.15, 0.2) is 0 Å². The SMILES string of the molecule is CCCCOCC1C(COCCCC)N1S(=O)(=O)c1ccc(C)cc1. The molecule has 142 valence electrons. The predicted octanol–water partition coefficient (Wildman–Crippen LogP) is 3.37. The van der Waals surface area contributed by atoms with Crippen molar-refractivity contribution in [1.82, 2.24) is 4.31 Å². The third kappa shape index (κ3) is 5.51. The van der Waals surface area contributed by atoms with Gasteiger partial charge in [0.1, 0.15) is 0 Å². The van der Waals surface area contributed by atoms with Crippen molar-refractivity contribution in [2.45, 2.75) is 63.4 Å². The summed E-state index contributed by atoms with van der Waals surface area (Å²) >= 11 is 0. The van der Waals surface area contributed by atoms with E-state index in [1.807, 2.05) is 19.1 Å². The van der Waals surface area contributed by atoms with E-state index in [-0.39, 0.29) is 12.1 Å². The number of sulfonamides is 1. The summed E-state index contributed by atoms with van der Waals surface area (Å²) in [6, 6.07) is 6.76. The molecule has 0 N–H and O–H groups in total. The molecule has 1 aromatic carbocycles. The lowest BCUT2D eigenvalue weighted by Crippen LogP contribution is -2.18. The van der Waals surface area contributed by atoms with Gasteiger partial charge in [-0.3, -0.25) is 0 Å². The van der Waals surface area contributed by atoms with Crippen molar-refractivity contribution in [1.29, 1.82) is 0 Å². The van der Waals surface area contributed by atoms with Crippen molar-refractivity contribution in [3.05, 3.63) is 29.8 Å². The molecule has 0 spiro atoms. The van der Waals surface area contributed by atoms with E-state index in [0.29, 0.717) is 31.3 Å². The van der Waals surface area contributed by atoms with Crippen LogP contribution >= 0.6 is 0 Å². The van der Waals surface area contributed by atoms with Crippen LogP contribution in [0, 0.1) is 6.92 Å². The molecule has 2 rings (SSSR count). The van der Waals surface area contributed by atoms with Crippen LogP contribution in [-0.2, 0) is 19.5 Å². The summed E-state index contributed by atoms with van der Waals surface area (Å²) in [5.74, 6) is 0. The molecule has 1 heterocycles. The molecule has 0 saturated carbocycles. The molecule has 1 aliphatic rings. The highest BCUT2D eigenvalue weighted by molar-refractivity contribution is 7.89. The average Bonchev–Trinajstić information content (AvgIpc) is 3.30. The Balaban J connectivity index is 2.01. The van der Waals surface area contributed by atoms with E-state index in [0.717, 1.165) is 31.2 Å². The van der Waals surface area contributed by atoms with E-state index in [4.69, 9.17) is 9.47 Å². The number of hydrogen-bond acceptors (Lipinski definition) is 4. The Morgan fingerprint density at radius 3 is 1.84 bits per heavy atom. The maximum absolute atomic E-state index is 12.9. The summed E-state index contributed by atoms with van der Waals surface area (Å²) < 4.78 is 38.7. The van der Waals surface area contributed by atoms with Gasteiger partial charge in [-0.25, -0.2) is 8.42 Å². The third-order valence-electron chi connectivity index (χ3n) is 4.47. The van der Waals surface area contributed by atoms with Crippen LogP contribution in [0.15, 0.2) is 29.2 Å². The van der Waals surface area contributed by atoms with E-state index >= 15 is 0 Å². The van der Waals surface area contributed by atoms with Crippen LogP contribution in [-0.4, -0.2) is 51.2 Å². The Labute approximate surface area is 152 Å². The van der Waals surface area contributed by atoms with Gasteiger partial charge in [0.05, 0.1) is 30.2 Å². The molecule has 0 bridgehead atoms. The van der Waals surface area contributed by atoms with Crippen LogP contribution in [0.3, 0.4) is 0 Å². The van der Waals surface area contributed by atoms with Crippen molar-refractivity contribution in [2.75, 3.05) is 26.4 Å². The predicted molar refractivity (Wildman–Crippen MR) is 99.2 cm³/mol. The highest BCUT2D eigenvalue weighted by atomic mass is 32.2. The molecule has 25 heavy (non-hydrogen) atoms. The molecule has 0 aliphatic carbocycles. The van der Waals surface area contributed by atoms with E-state index < -0.39 is 10.0 Å². The monoisotopic (exact) mass is 369 g/mol. The number of hydrogen-bond donors (Lipinski definition) is 0. The first-order chi connectivity index (χ1) is 12.0. The topological polar surface area (TPSA) is 55.6 Å². The number of benzene rings is 1. The Morgan fingerprint density at radius 2 is 1.40 bits per heavy atom. The first kappa shape index (κ1) is 20.4. The zero-order chi connectivity index (χ0) is 18.3. The molecule has 0 radical (unpaired) electrons. The van der Waals surface area contributed by atoms with Crippen LogP contribution in [0.1, 0.15) is 45.1 Å². The van der Waals surface area contributed by atoms with Gasteiger partial charge in [-0.2, -0.15) is 4.31 Å². The summed E-state index contributed by atoms with van der Waals surface area (Å²) in [5.41, 5.74) is 1.05. The van der Waals surface area contributed by atoms with Gasteiger partial charge in [-0.1, -0.05) is 44.4 Å². The first-order valence-electron chi connectivity index (χ1n) is 9.28. The van der Waals surface area contributed by atoms with Crippen LogP contribution in [0.4, 0.5) is 0 Å². The average molecular weight is 370 g/mol. The zero-order valence-electron chi connectivity index (χ0n) is 15.6. The number of unbranched alkanes of at least 4 members (excludes halogenated alkanes) is 2. The second kappa shape index (κ2) is 9.67. The van der Waals surface area contributed by atoms with Gasteiger partial charge < -0.3 is 9.47 Å². The molecule has 2 unspecified atom stereocenters. The molecular formula is C19H31NO4S. The van der Waals surface area contributed by atoms with E-state index in [9.17, 15) is 8.42 Å². The molecule has 1 fully saturated rings. The number of ether oxygens (including phenoxy) is 2. The van der Waals surface area contributed by atoms with Crippen molar-refractivity contribution in [3.63, 3.8) is 0 Å². The van der Waals surface area contributed by atoms with Gasteiger partial charge in [-0.15, -0.1) is 0 Å². The third-order valence-corrected chi connectivity index (χ3v) is 6.43. The number of aryl methyl sites for hydroxylation is 1. The number of rotatable bonds is 12. The lowest BCUT2D eigenvalue weighted by atomic mass is 10.2. The highest BCUT2D eigenvalue weighted by Gasteiger charge is 2.55. The Kier molecular flexibility index (Phi) is 7.87. The minimum absolute atomic E-state index is 0.121. The Morgan fingerprint density at radius 1 is 0.920 bits per heavy atom. The second-order valence-corrected chi connectivity index (χ2v) is 8.48. The minimum Gasteiger partial charge on any atom is -0.380 e. The van der Waals surface area contributed by atoms with Crippen molar-refractivity contribution in [3.8, 4) is 0 Å². The number of nitrogens with zero attached hydrogens (tertiary/aromatic N) is 1. The fourth-order valence-corrected chi connectivity index (χ4v) is 4.55. The van der Waals surface area contributed by atoms with E-state index in [1.54, 1.807) is 16.4 Å². The summed E-state index contributed by atoms with van der Waals surface area (Å²) in [7, 11) is -3.49. The Hall–Kier alpha value is -0.950. The molecular weight excluding hydrogens is 338 g/mol. The van der Waals surface area contributed by atoms with Crippen LogP contribution in [0.25, 0.3) is 0 Å². The highest BCUT2D eigenvalue weighted by Crippen LogP contribution is 2.36. The molecule has 0 aromatic heterocycles. The Bertz CT molecular complexity index is 597. The van der Waals surface area contributed by atoms with Crippen molar-refractivity contribution in [2.24, 2.45) is 0 Å². The molecule has 2 atom stereocenters. The maximum atomic E-state index is 12.9. The van der Waals surface area contributed by atoms with Crippen molar-refractivity contribution >= 4 is 10.0 Å². The molecule has 1 aromatic rings. The standard InChI is InChI=1S/C19H31NO4S/c1-4-6-12-23-14-18-19(15-24-13-7-5-2)20(18)25(21,22)17-10-8-16(3)9-11-17/h8-11,18-19H,4-7,12-15H2,1-3H3. The summed E-state index contributed by atoms with van der Waals surface area (Å²) in [6.45, 7) is 8.39. The maximum Gasteiger partial charge on any atom is 0.243 e. The summed E-state index contributed by atoms with van der Waals surface area (Å²) in [5, 5.41) is 0. The van der Waals surface area contributed by atoms with Gasteiger partial charge in [0.25, 0.3) is 0 Å². The van der Waals surface area contributed by atoms with Crippen LogP contribution < -0.4 is 0 Å². The van der Waals surface area contributed by atoms with Gasteiger partial charge >= 0.3 is 0 Å². The minimum atomic E-state index is -3.49. The first-order valence-corrected chi connectivity index (χ1v) is 10.7. The lowest BCUT2D eigenvalue weighted by Gasteiger charge is -2.08.